The van der Waals surface area contributed by atoms with Gasteiger partial charge in [-0.2, -0.15) is 0 Å². The molecule has 4 nitrogen and oxygen atoms in total. The van der Waals surface area contributed by atoms with Gasteiger partial charge in [-0.05, 0) is 89.1 Å². The number of sulfonamides is 1. The van der Waals surface area contributed by atoms with Crippen molar-refractivity contribution in [1.82, 2.24) is 4.72 Å². The average molecular weight is 499 g/mol. The van der Waals surface area contributed by atoms with Gasteiger partial charge in [0.15, 0.2) is 0 Å². The van der Waals surface area contributed by atoms with E-state index in [-0.39, 0.29) is 12.0 Å². The van der Waals surface area contributed by atoms with Gasteiger partial charge in [-0.15, -0.1) is 0 Å². The Morgan fingerprint density at radius 3 is 2.15 bits per heavy atom. The summed E-state index contributed by atoms with van der Waals surface area (Å²) in [6.07, 6.45) is 5.92. The number of nitrogens with one attached hydrogen (secondary N) is 1. The summed E-state index contributed by atoms with van der Waals surface area (Å²) in [4.78, 5) is 0.324. The van der Waals surface area contributed by atoms with Gasteiger partial charge in [-0.1, -0.05) is 37.1 Å². The van der Waals surface area contributed by atoms with E-state index in [1.54, 1.807) is 12.1 Å². The van der Waals surface area contributed by atoms with Gasteiger partial charge in [0.05, 0.1) is 4.90 Å². The van der Waals surface area contributed by atoms with Crippen LogP contribution in [0, 0.1) is 8.99 Å². The molecule has 0 heterocycles. The molecule has 1 saturated carbocycles. The highest BCUT2D eigenvalue weighted by Gasteiger charge is 2.35. The lowest BCUT2D eigenvalue weighted by Gasteiger charge is -2.29. The summed E-state index contributed by atoms with van der Waals surface area (Å²) in [5, 5.41) is 9.05. The summed E-state index contributed by atoms with van der Waals surface area (Å²) in [5.41, 5.74) is 2.34. The zero-order chi connectivity index (χ0) is 19.3. The molecule has 146 valence electrons. The molecule has 0 spiro atoms. The minimum absolute atomic E-state index is 0.0191. The lowest BCUT2D eigenvalue weighted by molar-refractivity contribution is 0.294. The van der Waals surface area contributed by atoms with Gasteiger partial charge in [-0.25, -0.2) is 13.1 Å². The maximum atomic E-state index is 12.7. The van der Waals surface area contributed by atoms with Crippen molar-refractivity contribution in [3.63, 3.8) is 0 Å². The first-order chi connectivity index (χ1) is 12.9. The summed E-state index contributed by atoms with van der Waals surface area (Å²) in [5.74, 6) is 0. The fourth-order valence-corrected chi connectivity index (χ4v) is 5.39. The molecule has 0 aromatic heterocycles. The van der Waals surface area contributed by atoms with E-state index < -0.39 is 10.0 Å². The van der Waals surface area contributed by atoms with Crippen LogP contribution in [0.3, 0.4) is 0 Å². The van der Waals surface area contributed by atoms with E-state index in [0.717, 1.165) is 41.2 Å². The lowest BCUT2D eigenvalue weighted by Crippen LogP contribution is -2.37. The molecule has 2 N–H and O–H groups in total. The van der Waals surface area contributed by atoms with E-state index in [0.29, 0.717) is 17.9 Å². The SMILES string of the molecule is O=S(=O)(NCC1(Cc2ccc(CCO)cc2)CCCC1)c1ccc(I)cc1. The Morgan fingerprint density at radius 2 is 1.56 bits per heavy atom. The minimum atomic E-state index is -3.49. The highest BCUT2D eigenvalue weighted by Crippen LogP contribution is 2.40. The van der Waals surface area contributed by atoms with E-state index in [1.807, 2.05) is 12.1 Å². The van der Waals surface area contributed by atoms with Gasteiger partial charge in [-0.3, -0.25) is 0 Å². The highest BCUT2D eigenvalue weighted by molar-refractivity contribution is 14.1. The molecular weight excluding hydrogens is 473 g/mol. The Hall–Kier alpha value is -0.960. The predicted octanol–water partition coefficient (Wildman–Crippen LogP) is 3.91. The molecule has 0 amide bonds. The van der Waals surface area contributed by atoms with Gasteiger partial charge >= 0.3 is 0 Å². The van der Waals surface area contributed by atoms with E-state index >= 15 is 0 Å². The fraction of sp³-hybridized carbons (Fsp3) is 0.429. The molecule has 2 aromatic carbocycles. The number of halogens is 1. The highest BCUT2D eigenvalue weighted by atomic mass is 127. The summed E-state index contributed by atoms with van der Waals surface area (Å²) in [6.45, 7) is 0.628. The van der Waals surface area contributed by atoms with Crippen LogP contribution in [0.15, 0.2) is 53.4 Å². The summed E-state index contributed by atoms with van der Waals surface area (Å²) in [6, 6.07) is 15.3. The lowest BCUT2D eigenvalue weighted by atomic mass is 9.80. The first-order valence-electron chi connectivity index (χ1n) is 9.36. The number of hydrogen-bond acceptors (Lipinski definition) is 3. The first-order valence-corrected chi connectivity index (χ1v) is 11.9. The average Bonchev–Trinajstić information content (AvgIpc) is 3.11. The fourth-order valence-electron chi connectivity index (χ4n) is 3.87. The monoisotopic (exact) mass is 499 g/mol. The molecule has 0 bridgehead atoms. The standard InChI is InChI=1S/C21H26INO3S/c22-19-7-9-20(10-8-19)27(25,26)23-16-21(12-1-2-13-21)15-18-5-3-17(4-6-18)11-14-24/h3-10,23-24H,1-2,11-16H2. The quantitative estimate of drug-likeness (QED) is 0.542. The summed E-state index contributed by atoms with van der Waals surface area (Å²) < 4.78 is 29.2. The largest absolute Gasteiger partial charge is 0.396 e. The van der Waals surface area contributed by atoms with Gasteiger partial charge in [0.2, 0.25) is 10.0 Å². The van der Waals surface area contributed by atoms with Crippen LogP contribution in [-0.2, 0) is 22.9 Å². The van der Waals surface area contributed by atoms with Crippen LogP contribution in [0.4, 0.5) is 0 Å². The number of aliphatic hydroxyl groups is 1. The molecule has 27 heavy (non-hydrogen) atoms. The van der Waals surface area contributed by atoms with E-state index in [4.69, 9.17) is 5.11 Å². The molecule has 3 rings (SSSR count). The van der Waals surface area contributed by atoms with Crippen molar-refractivity contribution in [3.8, 4) is 0 Å². The Kier molecular flexibility index (Phi) is 6.94. The molecule has 0 unspecified atom stereocenters. The normalized spacial score (nSPS) is 16.5. The van der Waals surface area contributed by atoms with Gasteiger partial charge in [0, 0.05) is 16.7 Å². The second-order valence-electron chi connectivity index (χ2n) is 7.45. The van der Waals surface area contributed by atoms with Gasteiger partial charge in [0.1, 0.15) is 0 Å². The predicted molar refractivity (Wildman–Crippen MR) is 116 cm³/mol. The molecule has 2 aromatic rings. The van der Waals surface area contributed by atoms with Gasteiger partial charge < -0.3 is 5.11 Å². The van der Waals surface area contributed by atoms with E-state index in [1.165, 1.54) is 5.56 Å². The Balaban J connectivity index is 1.70. The molecule has 0 aliphatic heterocycles. The molecule has 1 fully saturated rings. The summed E-state index contributed by atoms with van der Waals surface area (Å²) >= 11 is 2.17. The van der Waals surface area contributed by atoms with Gasteiger partial charge in [0.25, 0.3) is 0 Å². The molecular formula is C21H26INO3S. The molecule has 1 aliphatic carbocycles. The van der Waals surface area contributed by atoms with Crippen LogP contribution in [0.2, 0.25) is 0 Å². The van der Waals surface area contributed by atoms with Crippen LogP contribution in [0.25, 0.3) is 0 Å². The molecule has 0 radical (unpaired) electrons. The van der Waals surface area contributed by atoms with Crippen molar-refractivity contribution in [2.24, 2.45) is 5.41 Å². The van der Waals surface area contributed by atoms with E-state index in [2.05, 4.69) is 51.6 Å². The zero-order valence-electron chi connectivity index (χ0n) is 15.3. The van der Waals surface area contributed by atoms with Crippen LogP contribution >= 0.6 is 22.6 Å². The first kappa shape index (κ1) is 20.8. The van der Waals surface area contributed by atoms with Crippen molar-refractivity contribution in [2.75, 3.05) is 13.2 Å². The van der Waals surface area contributed by atoms with Crippen LogP contribution in [-0.4, -0.2) is 26.7 Å². The van der Waals surface area contributed by atoms with Crippen LogP contribution in [0.1, 0.15) is 36.8 Å². The topological polar surface area (TPSA) is 66.4 Å². The summed E-state index contributed by atoms with van der Waals surface area (Å²) in [7, 11) is -3.49. The minimum Gasteiger partial charge on any atom is -0.396 e. The smallest absolute Gasteiger partial charge is 0.240 e. The molecule has 1 aliphatic rings. The third-order valence-corrected chi connectivity index (χ3v) is 7.56. The number of rotatable bonds is 8. The van der Waals surface area contributed by atoms with E-state index in [9.17, 15) is 8.42 Å². The van der Waals surface area contributed by atoms with Crippen molar-refractivity contribution >= 4 is 32.6 Å². The second-order valence-corrected chi connectivity index (χ2v) is 10.5. The van der Waals surface area contributed by atoms with Crippen LogP contribution < -0.4 is 4.72 Å². The third kappa shape index (κ3) is 5.53. The Labute approximate surface area is 175 Å². The number of hydrogen-bond donors (Lipinski definition) is 2. The van der Waals surface area contributed by atoms with Crippen molar-refractivity contribution in [1.29, 1.82) is 0 Å². The maximum Gasteiger partial charge on any atom is 0.240 e. The molecule has 0 atom stereocenters. The number of benzene rings is 2. The van der Waals surface area contributed by atoms with Crippen molar-refractivity contribution in [2.45, 2.75) is 43.4 Å². The number of aliphatic hydroxyl groups excluding tert-OH is 1. The zero-order valence-corrected chi connectivity index (χ0v) is 18.3. The Morgan fingerprint density at radius 1 is 0.963 bits per heavy atom. The third-order valence-electron chi connectivity index (χ3n) is 5.43. The van der Waals surface area contributed by atoms with Crippen molar-refractivity contribution < 1.29 is 13.5 Å². The molecule has 0 saturated heterocycles. The van der Waals surface area contributed by atoms with Crippen LogP contribution in [0.5, 0.6) is 0 Å². The molecule has 6 heteroatoms. The maximum absolute atomic E-state index is 12.7. The second kappa shape index (κ2) is 9.03. The van der Waals surface area contributed by atoms with Crippen molar-refractivity contribution in [3.05, 3.63) is 63.2 Å². The Bertz CT molecular complexity index is 842.